The van der Waals surface area contributed by atoms with Crippen molar-refractivity contribution in [3.8, 4) is 22.8 Å². The molecule has 1 amide bonds. The van der Waals surface area contributed by atoms with E-state index in [1.165, 1.54) is 10.7 Å². The van der Waals surface area contributed by atoms with E-state index in [-0.39, 0.29) is 18.1 Å². The number of carbonyl (C=O) groups excluding carboxylic acids is 1. The van der Waals surface area contributed by atoms with Crippen LogP contribution >= 0.6 is 0 Å². The van der Waals surface area contributed by atoms with Crippen LogP contribution in [0.4, 0.5) is 5.69 Å². The fourth-order valence-electron chi connectivity index (χ4n) is 2.58. The minimum Gasteiger partial charge on any atom is -0.494 e. The van der Waals surface area contributed by atoms with E-state index < -0.39 is 0 Å². The Morgan fingerprint density at radius 1 is 0.966 bits per heavy atom. The van der Waals surface area contributed by atoms with Crippen LogP contribution in [0.2, 0.25) is 0 Å². The SMILES string of the molecule is CCCOc1ccc(OCC(=O)Nc2ccc(-c3ccc(=O)n(C)n3)cc2)cc1. The molecule has 0 saturated heterocycles. The number of hydrogen-bond donors (Lipinski definition) is 1. The number of anilines is 1. The molecule has 0 spiro atoms. The highest BCUT2D eigenvalue weighted by molar-refractivity contribution is 5.92. The Balaban J connectivity index is 1.52. The van der Waals surface area contributed by atoms with Gasteiger partial charge < -0.3 is 14.8 Å². The van der Waals surface area contributed by atoms with Crippen molar-refractivity contribution in [3.05, 3.63) is 71.0 Å². The third-order valence-electron chi connectivity index (χ3n) is 4.09. The van der Waals surface area contributed by atoms with E-state index in [2.05, 4.69) is 10.4 Å². The summed E-state index contributed by atoms with van der Waals surface area (Å²) >= 11 is 0. The highest BCUT2D eigenvalue weighted by Crippen LogP contribution is 2.19. The maximum Gasteiger partial charge on any atom is 0.266 e. The van der Waals surface area contributed by atoms with Crippen molar-refractivity contribution in [2.24, 2.45) is 7.05 Å². The number of aryl methyl sites for hydroxylation is 1. The number of aromatic nitrogens is 2. The van der Waals surface area contributed by atoms with Gasteiger partial charge in [0.1, 0.15) is 11.5 Å². The molecule has 0 aliphatic heterocycles. The second-order valence-corrected chi connectivity index (χ2v) is 6.41. The Morgan fingerprint density at radius 2 is 1.62 bits per heavy atom. The van der Waals surface area contributed by atoms with Gasteiger partial charge in [-0.05, 0) is 48.9 Å². The van der Waals surface area contributed by atoms with Crippen LogP contribution < -0.4 is 20.3 Å². The molecule has 0 radical (unpaired) electrons. The van der Waals surface area contributed by atoms with Gasteiger partial charge in [-0.1, -0.05) is 19.1 Å². The molecular weight excluding hydrogens is 370 g/mol. The van der Waals surface area contributed by atoms with Crippen LogP contribution in [0, 0.1) is 0 Å². The molecule has 0 atom stereocenters. The first-order valence-electron chi connectivity index (χ1n) is 9.35. The van der Waals surface area contributed by atoms with Crippen LogP contribution in [-0.2, 0) is 11.8 Å². The molecule has 2 aromatic carbocycles. The minimum atomic E-state index is -0.260. The fourth-order valence-corrected chi connectivity index (χ4v) is 2.58. The first-order chi connectivity index (χ1) is 14.0. The molecule has 1 heterocycles. The van der Waals surface area contributed by atoms with Crippen molar-refractivity contribution in [2.45, 2.75) is 13.3 Å². The number of benzene rings is 2. The van der Waals surface area contributed by atoms with E-state index >= 15 is 0 Å². The zero-order chi connectivity index (χ0) is 20.6. The Labute approximate surface area is 168 Å². The highest BCUT2D eigenvalue weighted by atomic mass is 16.5. The largest absolute Gasteiger partial charge is 0.494 e. The Hall–Kier alpha value is -3.61. The number of carbonyl (C=O) groups is 1. The third kappa shape index (κ3) is 5.68. The summed E-state index contributed by atoms with van der Waals surface area (Å²) in [5, 5.41) is 6.99. The van der Waals surface area contributed by atoms with Crippen LogP contribution in [0.1, 0.15) is 13.3 Å². The summed E-state index contributed by atoms with van der Waals surface area (Å²) in [6, 6.07) is 17.5. The van der Waals surface area contributed by atoms with Gasteiger partial charge in [0.25, 0.3) is 11.5 Å². The molecule has 0 unspecified atom stereocenters. The van der Waals surface area contributed by atoms with E-state index in [1.807, 2.05) is 31.2 Å². The Bertz CT molecular complexity index is 1010. The van der Waals surface area contributed by atoms with Gasteiger partial charge in [0.15, 0.2) is 6.61 Å². The van der Waals surface area contributed by atoms with Gasteiger partial charge in [-0.15, -0.1) is 0 Å². The summed E-state index contributed by atoms with van der Waals surface area (Å²) in [6.07, 6.45) is 0.945. The summed E-state index contributed by atoms with van der Waals surface area (Å²) in [5.41, 5.74) is 2.01. The number of rotatable bonds is 8. The molecule has 3 rings (SSSR count). The van der Waals surface area contributed by atoms with Crippen molar-refractivity contribution in [2.75, 3.05) is 18.5 Å². The monoisotopic (exact) mass is 393 g/mol. The zero-order valence-electron chi connectivity index (χ0n) is 16.4. The predicted octanol–water partition coefficient (Wildman–Crippen LogP) is 3.25. The lowest BCUT2D eigenvalue weighted by Gasteiger charge is -2.09. The summed E-state index contributed by atoms with van der Waals surface area (Å²) in [5.74, 6) is 1.11. The molecule has 7 heteroatoms. The van der Waals surface area contributed by atoms with E-state index in [1.54, 1.807) is 37.4 Å². The maximum absolute atomic E-state index is 12.1. The molecule has 0 fully saturated rings. The summed E-state index contributed by atoms with van der Waals surface area (Å²) < 4.78 is 12.3. The second kappa shape index (κ2) is 9.54. The van der Waals surface area contributed by atoms with Crippen LogP contribution in [0.15, 0.2) is 65.5 Å². The van der Waals surface area contributed by atoms with Crippen LogP contribution in [0.25, 0.3) is 11.3 Å². The zero-order valence-corrected chi connectivity index (χ0v) is 16.4. The van der Waals surface area contributed by atoms with Crippen molar-refractivity contribution >= 4 is 11.6 Å². The van der Waals surface area contributed by atoms with Gasteiger partial charge in [-0.2, -0.15) is 5.10 Å². The van der Waals surface area contributed by atoms with E-state index in [0.29, 0.717) is 23.7 Å². The van der Waals surface area contributed by atoms with Crippen LogP contribution in [0.5, 0.6) is 11.5 Å². The number of hydrogen-bond acceptors (Lipinski definition) is 5. The topological polar surface area (TPSA) is 82.5 Å². The second-order valence-electron chi connectivity index (χ2n) is 6.41. The molecule has 0 saturated carbocycles. The summed E-state index contributed by atoms with van der Waals surface area (Å²) in [6.45, 7) is 2.62. The first-order valence-corrected chi connectivity index (χ1v) is 9.35. The highest BCUT2D eigenvalue weighted by Gasteiger charge is 2.06. The van der Waals surface area contributed by atoms with E-state index in [9.17, 15) is 9.59 Å². The molecule has 29 heavy (non-hydrogen) atoms. The van der Waals surface area contributed by atoms with Crippen molar-refractivity contribution in [1.29, 1.82) is 0 Å². The fraction of sp³-hybridized carbons (Fsp3) is 0.227. The lowest BCUT2D eigenvalue weighted by atomic mass is 10.1. The van der Waals surface area contributed by atoms with Gasteiger partial charge >= 0.3 is 0 Å². The number of amides is 1. The normalized spacial score (nSPS) is 10.4. The third-order valence-corrected chi connectivity index (χ3v) is 4.09. The van der Waals surface area contributed by atoms with Gasteiger partial charge in [-0.3, -0.25) is 9.59 Å². The van der Waals surface area contributed by atoms with Crippen molar-refractivity contribution < 1.29 is 14.3 Å². The summed E-state index contributed by atoms with van der Waals surface area (Å²) in [4.78, 5) is 23.6. The minimum absolute atomic E-state index is 0.0979. The van der Waals surface area contributed by atoms with Gasteiger partial charge in [0.2, 0.25) is 0 Å². The van der Waals surface area contributed by atoms with Crippen molar-refractivity contribution in [3.63, 3.8) is 0 Å². The molecule has 150 valence electrons. The number of ether oxygens (including phenoxy) is 2. The average molecular weight is 393 g/mol. The average Bonchev–Trinajstić information content (AvgIpc) is 2.74. The first kappa shape index (κ1) is 20.1. The predicted molar refractivity (Wildman–Crippen MR) is 111 cm³/mol. The summed E-state index contributed by atoms with van der Waals surface area (Å²) in [7, 11) is 1.60. The molecule has 0 aliphatic rings. The number of nitrogens with zero attached hydrogens (tertiary/aromatic N) is 2. The van der Waals surface area contributed by atoms with E-state index in [0.717, 1.165) is 17.7 Å². The molecule has 0 aliphatic carbocycles. The van der Waals surface area contributed by atoms with E-state index in [4.69, 9.17) is 9.47 Å². The Kier molecular flexibility index (Phi) is 6.63. The molecular formula is C22H23N3O4. The molecule has 1 aromatic heterocycles. The maximum atomic E-state index is 12.1. The standard InChI is InChI=1S/C22H23N3O4/c1-3-14-28-18-8-10-19(11-9-18)29-15-21(26)23-17-6-4-16(5-7-17)20-12-13-22(27)25(2)24-20/h4-13H,3,14-15H2,1-2H3,(H,23,26). The molecule has 7 nitrogen and oxygen atoms in total. The van der Waals surface area contributed by atoms with Crippen LogP contribution in [-0.4, -0.2) is 28.9 Å². The smallest absolute Gasteiger partial charge is 0.266 e. The molecule has 3 aromatic rings. The van der Waals surface area contributed by atoms with Gasteiger partial charge in [0, 0.05) is 24.4 Å². The van der Waals surface area contributed by atoms with Gasteiger partial charge in [-0.25, -0.2) is 4.68 Å². The lowest BCUT2D eigenvalue weighted by Crippen LogP contribution is -2.20. The van der Waals surface area contributed by atoms with Gasteiger partial charge in [0.05, 0.1) is 12.3 Å². The molecule has 0 bridgehead atoms. The Morgan fingerprint density at radius 3 is 2.24 bits per heavy atom. The lowest BCUT2D eigenvalue weighted by molar-refractivity contribution is -0.118. The quantitative estimate of drug-likeness (QED) is 0.635. The molecule has 1 N–H and O–H groups in total. The van der Waals surface area contributed by atoms with Crippen molar-refractivity contribution in [1.82, 2.24) is 9.78 Å². The van der Waals surface area contributed by atoms with Crippen LogP contribution in [0.3, 0.4) is 0 Å². The number of nitrogens with one attached hydrogen (secondary N) is 1.